The third kappa shape index (κ3) is 4.62. The van der Waals surface area contributed by atoms with Crippen LogP contribution < -0.4 is 9.81 Å². The van der Waals surface area contributed by atoms with Crippen molar-refractivity contribution < 1.29 is 27.1 Å². The molecular formula is C37H34Cl2F2Zr. The molecule has 4 aromatic rings. The molecule has 6 rings (SSSR count). The van der Waals surface area contributed by atoms with Crippen LogP contribution in [0.1, 0.15) is 36.1 Å². The quantitative estimate of drug-likeness (QED) is 0.169. The standard InChI is InChI=1S/C17H13.C7H9.2C6H4F.CH2.2ClH.Zr/c1-3-12-5-7-14-11-15-8-6-13(4-2)10-17(15)16(14)9-12;1-6-3-4-7(2)5-6;2*7-6-4-2-1-3-5-6;;;;/h3-7,9-10H,1-2,11H2;3,5,7H,1-2H3;2*1-2,4-5H;1H2;2*1H;. The van der Waals surface area contributed by atoms with E-state index in [4.69, 9.17) is 4.21 Å². The summed E-state index contributed by atoms with van der Waals surface area (Å²) in [6.45, 7) is 12.4. The molecule has 2 aliphatic rings. The van der Waals surface area contributed by atoms with Crippen molar-refractivity contribution in [1.82, 2.24) is 0 Å². The van der Waals surface area contributed by atoms with Gasteiger partial charge in [0.25, 0.3) is 0 Å². The fourth-order valence-electron chi connectivity index (χ4n) is 7.25. The summed E-state index contributed by atoms with van der Waals surface area (Å²) in [5.74, 6) is -0.567. The monoisotopic (exact) mass is 676 g/mol. The van der Waals surface area contributed by atoms with Crippen molar-refractivity contribution >= 4 is 51.0 Å². The van der Waals surface area contributed by atoms with Crippen LogP contribution in [0, 0.1) is 17.6 Å². The Morgan fingerprint density at radius 1 is 0.786 bits per heavy atom. The molecule has 1 atom stereocenters. The van der Waals surface area contributed by atoms with Crippen LogP contribution in [-0.4, -0.2) is 4.21 Å². The minimum Gasteiger partial charge on any atom is -0.147 e. The Hall–Kier alpha value is -2.97. The van der Waals surface area contributed by atoms with Crippen LogP contribution in [0.4, 0.5) is 8.78 Å². The maximum absolute atomic E-state index is 15.2. The van der Waals surface area contributed by atoms with E-state index in [-0.39, 0.29) is 42.4 Å². The van der Waals surface area contributed by atoms with Gasteiger partial charge < -0.3 is 0 Å². The van der Waals surface area contributed by atoms with Gasteiger partial charge in [0.05, 0.1) is 0 Å². The van der Waals surface area contributed by atoms with E-state index in [1.165, 1.54) is 32.1 Å². The van der Waals surface area contributed by atoms with Crippen molar-refractivity contribution in [3.8, 4) is 11.1 Å². The van der Waals surface area contributed by atoms with Crippen LogP contribution in [0.2, 0.25) is 0 Å². The van der Waals surface area contributed by atoms with Crippen molar-refractivity contribution in [2.45, 2.75) is 20.3 Å². The van der Waals surface area contributed by atoms with E-state index >= 15 is 8.78 Å². The molecule has 214 valence electrons. The summed E-state index contributed by atoms with van der Waals surface area (Å²) >= 11 is -5.31. The molecule has 0 amide bonds. The maximum Gasteiger partial charge on any atom is -0.147 e. The fraction of sp³-hybridized carbons (Fsp3) is 0.108. The predicted octanol–water partition coefficient (Wildman–Crippen LogP) is 8.54. The molecule has 0 radical (unpaired) electrons. The zero-order valence-corrected chi connectivity index (χ0v) is 27.9. The molecular weight excluding hydrogens is 645 g/mol. The number of allylic oxidation sites excluding steroid dienone is 4. The zero-order valence-electron chi connectivity index (χ0n) is 23.8. The normalized spacial score (nSPS) is 15.4. The van der Waals surface area contributed by atoms with Gasteiger partial charge in [0.15, 0.2) is 0 Å². The van der Waals surface area contributed by atoms with Crippen LogP contribution in [0.15, 0.2) is 113 Å². The predicted molar refractivity (Wildman–Crippen MR) is 179 cm³/mol. The smallest absolute Gasteiger partial charge is 0.147 e. The molecule has 4 aromatic carbocycles. The molecule has 0 N–H and O–H groups in total. The number of rotatable bonds is 6. The van der Waals surface area contributed by atoms with Crippen LogP contribution in [0.5, 0.6) is 0 Å². The van der Waals surface area contributed by atoms with Crippen LogP contribution in [-0.2, 0) is 24.7 Å². The molecule has 0 nitrogen and oxygen atoms in total. The second-order valence-electron chi connectivity index (χ2n) is 11.4. The van der Waals surface area contributed by atoms with Gasteiger partial charge in [-0.05, 0) is 0 Å². The van der Waals surface area contributed by atoms with Gasteiger partial charge in [0.1, 0.15) is 0 Å². The van der Waals surface area contributed by atoms with Crippen LogP contribution in [0.25, 0.3) is 23.3 Å². The van der Waals surface area contributed by atoms with Gasteiger partial charge in [-0.3, -0.25) is 0 Å². The first kappa shape index (κ1) is 32.0. The van der Waals surface area contributed by atoms with Crippen molar-refractivity contribution in [3.63, 3.8) is 0 Å². The van der Waals surface area contributed by atoms with E-state index in [2.05, 4.69) is 69.5 Å². The van der Waals surface area contributed by atoms with Crippen molar-refractivity contribution in [3.05, 3.63) is 147 Å². The second kappa shape index (κ2) is 11.6. The summed E-state index contributed by atoms with van der Waals surface area (Å²) in [4.78, 5) is 0. The Bertz CT molecular complexity index is 1830. The van der Waals surface area contributed by atoms with Gasteiger partial charge in [-0.2, -0.15) is 0 Å². The van der Waals surface area contributed by atoms with Crippen molar-refractivity contribution in [2.75, 3.05) is 0 Å². The molecule has 2 aliphatic carbocycles. The number of benzene rings is 4. The Morgan fingerprint density at radius 3 is 1.90 bits per heavy atom. The number of fused-ring (bicyclic) bond motifs is 3. The Morgan fingerprint density at radius 2 is 1.38 bits per heavy atom. The SMILES string of the molecule is C=Cc1ccc2c(c1)-c1cc(C=C)c[c]([Zr](=[CH2])([C]3=CC(C)=CC3C)([c]3cccc(F)c3)[c]3cccc(F)c3)c1C2.Cl.Cl. The third-order valence-corrected chi connectivity index (χ3v) is 25.5. The first-order chi connectivity index (χ1) is 19.2. The van der Waals surface area contributed by atoms with E-state index in [0.717, 1.165) is 38.5 Å². The largest absolute Gasteiger partial charge is 0.147 e. The average molecular weight is 679 g/mol. The van der Waals surface area contributed by atoms with Gasteiger partial charge in [-0.1, -0.05) is 0 Å². The van der Waals surface area contributed by atoms with Crippen molar-refractivity contribution in [1.29, 1.82) is 0 Å². The van der Waals surface area contributed by atoms with E-state index in [0.29, 0.717) is 0 Å². The summed E-state index contributed by atoms with van der Waals surface area (Å²) in [6, 6.07) is 24.7. The summed E-state index contributed by atoms with van der Waals surface area (Å²) in [7, 11) is 0. The van der Waals surface area contributed by atoms with Gasteiger partial charge >= 0.3 is 237 Å². The molecule has 0 aliphatic heterocycles. The minimum atomic E-state index is -5.31. The topological polar surface area (TPSA) is 0 Å². The molecule has 0 fully saturated rings. The number of hydrogen-bond acceptors (Lipinski definition) is 0. The molecule has 0 aromatic heterocycles. The second-order valence-corrected chi connectivity index (χ2v) is 24.1. The number of hydrogen-bond donors (Lipinski definition) is 0. The van der Waals surface area contributed by atoms with E-state index in [1.807, 2.05) is 24.3 Å². The zero-order chi connectivity index (χ0) is 28.3. The van der Waals surface area contributed by atoms with Crippen molar-refractivity contribution in [2.24, 2.45) is 5.92 Å². The molecule has 1 unspecified atom stereocenters. The van der Waals surface area contributed by atoms with E-state index < -0.39 is 18.3 Å². The molecule has 0 saturated carbocycles. The molecule has 5 heteroatoms. The van der Waals surface area contributed by atoms with Gasteiger partial charge in [-0.25, -0.2) is 0 Å². The van der Waals surface area contributed by atoms with Gasteiger partial charge in [-0.15, -0.1) is 24.8 Å². The Labute approximate surface area is 260 Å². The Balaban J connectivity index is 0.00000202. The minimum absolute atomic E-state index is 0. The molecule has 0 bridgehead atoms. The summed E-state index contributed by atoms with van der Waals surface area (Å²) in [5, 5.41) is 0. The van der Waals surface area contributed by atoms with Gasteiger partial charge in [0.2, 0.25) is 0 Å². The van der Waals surface area contributed by atoms with Gasteiger partial charge in [0, 0.05) is 0 Å². The average Bonchev–Trinajstić information content (AvgIpc) is 3.50. The van der Waals surface area contributed by atoms with Crippen LogP contribution >= 0.6 is 24.8 Å². The van der Waals surface area contributed by atoms with Crippen LogP contribution in [0.3, 0.4) is 0 Å². The fourth-order valence-corrected chi connectivity index (χ4v) is 23.9. The first-order valence-corrected chi connectivity index (χ1v) is 20.3. The number of halogens is 4. The summed E-state index contributed by atoms with van der Waals surface area (Å²) < 4.78 is 39.8. The van der Waals surface area contributed by atoms with E-state index in [9.17, 15) is 0 Å². The summed E-state index contributed by atoms with van der Waals surface area (Å²) in [6.07, 6.45) is 8.94. The maximum atomic E-state index is 15.2. The Kier molecular flexibility index (Phi) is 8.83. The molecule has 42 heavy (non-hydrogen) atoms. The van der Waals surface area contributed by atoms with E-state index in [1.54, 1.807) is 24.3 Å². The first-order valence-electron chi connectivity index (χ1n) is 13.7. The molecule has 0 heterocycles. The molecule has 0 saturated heterocycles. The molecule has 0 spiro atoms. The summed E-state index contributed by atoms with van der Waals surface area (Å²) in [5.41, 5.74) is 7.90. The third-order valence-electron chi connectivity index (χ3n) is 9.08.